The molecule has 198 valence electrons. The van der Waals surface area contributed by atoms with Crippen LogP contribution in [-0.2, 0) is 32.2 Å². The van der Waals surface area contributed by atoms with Crippen molar-refractivity contribution < 1.29 is 40.6 Å². The van der Waals surface area contributed by atoms with Crippen molar-refractivity contribution in [2.75, 3.05) is 52.4 Å². The van der Waals surface area contributed by atoms with Gasteiger partial charge in [0.05, 0.1) is 43.2 Å². The van der Waals surface area contributed by atoms with Crippen LogP contribution < -0.4 is 14.4 Å². The van der Waals surface area contributed by atoms with Crippen molar-refractivity contribution in [3.8, 4) is 11.5 Å². The lowest BCUT2D eigenvalue weighted by Crippen LogP contribution is -2.36. The number of pyridine rings is 1. The lowest BCUT2D eigenvalue weighted by atomic mass is 10.1. The van der Waals surface area contributed by atoms with Gasteiger partial charge in [-0.15, -0.1) is 0 Å². The molecule has 0 amide bonds. The van der Waals surface area contributed by atoms with E-state index in [1.807, 2.05) is 0 Å². The number of rotatable bonds is 7. The van der Waals surface area contributed by atoms with Crippen LogP contribution in [0.5, 0.6) is 11.5 Å². The van der Waals surface area contributed by atoms with Gasteiger partial charge in [-0.25, -0.2) is 13.4 Å². The number of ether oxygens (including phenoxy) is 3. The highest BCUT2D eigenvalue weighted by Crippen LogP contribution is 2.36. The highest BCUT2D eigenvalue weighted by Gasteiger charge is 2.34. The molecule has 1 aromatic heterocycles. The fourth-order valence-electron chi connectivity index (χ4n) is 3.81. The number of hydrogen-bond donors (Lipinski definition) is 0. The number of carbonyl (C=O) groups is 1. The number of methoxy groups -OCH3 is 3. The van der Waals surface area contributed by atoms with Gasteiger partial charge in [-0.3, -0.25) is 4.79 Å². The van der Waals surface area contributed by atoms with Crippen LogP contribution in [0.15, 0.2) is 29.3 Å². The molecular weight excluding hydrogens is 527 g/mol. The van der Waals surface area contributed by atoms with Crippen LogP contribution in [0.1, 0.15) is 17.5 Å². The Labute approximate surface area is 211 Å². The number of aromatic nitrogens is 1. The monoisotopic (exact) mass is 551 g/mol. The molecular formula is C22H25ClF3N3O6S. The zero-order valence-corrected chi connectivity index (χ0v) is 21.3. The first-order chi connectivity index (χ1) is 16.9. The minimum atomic E-state index is -4.58. The highest BCUT2D eigenvalue weighted by molar-refractivity contribution is 7.89. The number of alkyl halides is 3. The summed E-state index contributed by atoms with van der Waals surface area (Å²) in [6.45, 7) is 0.596. The smallest absolute Gasteiger partial charge is 0.417 e. The van der Waals surface area contributed by atoms with Gasteiger partial charge < -0.3 is 19.1 Å². The second-order valence-corrected chi connectivity index (χ2v) is 10.2. The van der Waals surface area contributed by atoms with E-state index in [-0.39, 0.29) is 58.9 Å². The molecule has 0 saturated carbocycles. The van der Waals surface area contributed by atoms with Crippen molar-refractivity contribution in [3.63, 3.8) is 0 Å². The standard InChI is InChI=1S/C22H25ClF3N3O6S/c1-33-17-9-14(10-20(30)35-3)19(12-18(17)34-2)36(31,32)29-6-4-5-28(7-8-29)21-16(23)11-15(13-27-21)22(24,25)26/h9,11-13H,4-8,10H2,1-3H3. The molecule has 0 unspecified atom stereocenters. The second kappa shape index (κ2) is 11.1. The van der Waals surface area contributed by atoms with Crippen molar-refractivity contribution in [3.05, 3.63) is 40.5 Å². The Morgan fingerprint density at radius 2 is 1.72 bits per heavy atom. The lowest BCUT2D eigenvalue weighted by Gasteiger charge is -2.24. The zero-order chi connectivity index (χ0) is 26.7. The summed E-state index contributed by atoms with van der Waals surface area (Å²) in [4.78, 5) is 17.3. The molecule has 0 N–H and O–H groups in total. The summed E-state index contributed by atoms with van der Waals surface area (Å²) < 4.78 is 82.6. The normalized spacial score (nSPS) is 15.4. The van der Waals surface area contributed by atoms with E-state index in [4.69, 9.17) is 25.8 Å². The third-order valence-corrected chi connectivity index (χ3v) is 7.91. The van der Waals surface area contributed by atoms with Gasteiger partial charge in [0.15, 0.2) is 11.5 Å². The molecule has 1 aliphatic heterocycles. The molecule has 9 nitrogen and oxygen atoms in total. The maximum atomic E-state index is 13.7. The Bertz CT molecular complexity index is 1230. The van der Waals surface area contributed by atoms with Crippen molar-refractivity contribution in [2.24, 2.45) is 0 Å². The topological polar surface area (TPSA) is 98.3 Å². The molecule has 1 aliphatic rings. The van der Waals surface area contributed by atoms with E-state index in [1.54, 1.807) is 4.90 Å². The molecule has 3 rings (SSSR count). The fourth-order valence-corrected chi connectivity index (χ4v) is 5.79. The molecule has 14 heteroatoms. The summed E-state index contributed by atoms with van der Waals surface area (Å²) in [7, 11) is -0.166. The number of benzene rings is 1. The van der Waals surface area contributed by atoms with Crippen LogP contribution in [0.2, 0.25) is 5.02 Å². The quantitative estimate of drug-likeness (QED) is 0.483. The lowest BCUT2D eigenvalue weighted by molar-refractivity contribution is -0.140. The SMILES string of the molecule is COC(=O)Cc1cc(OC)c(OC)cc1S(=O)(=O)N1CCCN(c2ncc(C(F)(F)F)cc2Cl)CC1. The first kappa shape index (κ1) is 27.8. The Hall–Kier alpha value is -2.77. The van der Waals surface area contributed by atoms with E-state index in [1.165, 1.54) is 37.8 Å². The largest absolute Gasteiger partial charge is 0.493 e. The van der Waals surface area contributed by atoms with Gasteiger partial charge in [-0.05, 0) is 24.1 Å². The van der Waals surface area contributed by atoms with Crippen LogP contribution in [-0.4, -0.2) is 71.2 Å². The van der Waals surface area contributed by atoms with Gasteiger partial charge in [0.25, 0.3) is 0 Å². The van der Waals surface area contributed by atoms with Crippen molar-refractivity contribution in [2.45, 2.75) is 23.9 Å². The molecule has 2 heterocycles. The molecule has 0 atom stereocenters. The molecule has 1 saturated heterocycles. The van der Waals surface area contributed by atoms with Gasteiger partial charge >= 0.3 is 12.1 Å². The predicted molar refractivity (Wildman–Crippen MR) is 125 cm³/mol. The third-order valence-electron chi connectivity index (χ3n) is 5.65. The summed E-state index contributed by atoms with van der Waals surface area (Å²) >= 11 is 6.08. The second-order valence-electron chi connectivity index (χ2n) is 7.84. The van der Waals surface area contributed by atoms with Gasteiger partial charge in [-0.1, -0.05) is 11.6 Å². The van der Waals surface area contributed by atoms with E-state index >= 15 is 0 Å². The maximum absolute atomic E-state index is 13.7. The molecule has 0 radical (unpaired) electrons. The number of halogens is 4. The Morgan fingerprint density at radius 1 is 1.06 bits per heavy atom. The number of hydrogen-bond acceptors (Lipinski definition) is 8. The Morgan fingerprint density at radius 3 is 2.31 bits per heavy atom. The number of sulfonamides is 1. The molecule has 1 fully saturated rings. The molecule has 36 heavy (non-hydrogen) atoms. The van der Waals surface area contributed by atoms with Gasteiger partial charge in [0.2, 0.25) is 10.0 Å². The van der Waals surface area contributed by atoms with Gasteiger partial charge in [-0.2, -0.15) is 17.5 Å². The summed E-state index contributed by atoms with van der Waals surface area (Å²) in [5, 5.41) is -0.179. The van der Waals surface area contributed by atoms with Crippen molar-refractivity contribution in [1.29, 1.82) is 0 Å². The van der Waals surface area contributed by atoms with Crippen molar-refractivity contribution >= 4 is 33.4 Å². The number of carbonyl (C=O) groups excluding carboxylic acids is 1. The zero-order valence-electron chi connectivity index (χ0n) is 19.8. The van der Waals surface area contributed by atoms with E-state index in [2.05, 4.69) is 4.98 Å². The minimum Gasteiger partial charge on any atom is -0.493 e. The van der Waals surface area contributed by atoms with E-state index < -0.39 is 27.7 Å². The van der Waals surface area contributed by atoms with Crippen LogP contribution in [0.4, 0.5) is 19.0 Å². The first-order valence-electron chi connectivity index (χ1n) is 10.7. The van der Waals surface area contributed by atoms with E-state index in [0.717, 1.165) is 6.07 Å². The summed E-state index contributed by atoms with van der Waals surface area (Å²) in [6, 6.07) is 3.51. The summed E-state index contributed by atoms with van der Waals surface area (Å²) in [5.41, 5.74) is -0.796. The fraction of sp³-hybridized carbons (Fsp3) is 0.455. The van der Waals surface area contributed by atoms with E-state index in [9.17, 15) is 26.4 Å². The molecule has 0 spiro atoms. The number of anilines is 1. The number of nitrogens with zero attached hydrogens (tertiary/aromatic N) is 3. The van der Waals surface area contributed by atoms with Crippen LogP contribution in [0.25, 0.3) is 0 Å². The molecule has 0 aliphatic carbocycles. The van der Waals surface area contributed by atoms with Gasteiger partial charge in [0.1, 0.15) is 5.82 Å². The summed E-state index contributed by atoms with van der Waals surface area (Å²) in [5.74, 6) is -0.0765. The third kappa shape index (κ3) is 5.95. The molecule has 1 aromatic carbocycles. The minimum absolute atomic E-state index is 0.00731. The molecule has 2 aromatic rings. The Kier molecular flexibility index (Phi) is 8.57. The van der Waals surface area contributed by atoms with Crippen LogP contribution in [0, 0.1) is 0 Å². The summed E-state index contributed by atoms with van der Waals surface area (Å²) in [6.07, 6.45) is -3.84. The van der Waals surface area contributed by atoms with Crippen LogP contribution >= 0.6 is 11.6 Å². The first-order valence-corrected chi connectivity index (χ1v) is 12.5. The number of esters is 1. The average molecular weight is 552 g/mol. The van der Waals surface area contributed by atoms with Gasteiger partial charge in [0, 0.05) is 38.4 Å². The highest BCUT2D eigenvalue weighted by atomic mass is 35.5. The van der Waals surface area contributed by atoms with E-state index in [0.29, 0.717) is 19.2 Å². The van der Waals surface area contributed by atoms with Crippen molar-refractivity contribution in [1.82, 2.24) is 9.29 Å². The average Bonchev–Trinajstić information content (AvgIpc) is 3.09. The van der Waals surface area contributed by atoms with Crippen LogP contribution in [0.3, 0.4) is 0 Å². The maximum Gasteiger partial charge on any atom is 0.417 e. The Balaban J connectivity index is 1.91. The molecule has 0 bridgehead atoms. The predicted octanol–water partition coefficient (Wildman–Crippen LogP) is 3.39.